The van der Waals surface area contributed by atoms with Gasteiger partial charge in [0, 0.05) is 41.3 Å². The summed E-state index contributed by atoms with van der Waals surface area (Å²) in [7, 11) is 7.48. The molecule has 0 saturated heterocycles. The molecule has 1 saturated carbocycles. The Morgan fingerprint density at radius 3 is 2.29 bits per heavy atom. The van der Waals surface area contributed by atoms with Gasteiger partial charge >= 0.3 is 0 Å². The number of guanidine groups is 1. The van der Waals surface area contributed by atoms with Crippen LogP contribution in [-0.4, -0.2) is 63.0 Å². The Balaban J connectivity index is 0.00000392. The molecule has 0 radical (unpaired) electrons. The van der Waals surface area contributed by atoms with Gasteiger partial charge in [0.15, 0.2) is 5.96 Å². The third-order valence-electron chi connectivity index (χ3n) is 5.23. The molecule has 1 fully saturated rings. The molecule has 28 heavy (non-hydrogen) atoms. The minimum absolute atomic E-state index is 0. The summed E-state index contributed by atoms with van der Waals surface area (Å²) in [6.07, 6.45) is 4.11. The molecule has 2 rings (SSSR count). The lowest BCUT2D eigenvalue weighted by Gasteiger charge is -2.32. The first-order valence-electron chi connectivity index (χ1n) is 9.77. The summed E-state index contributed by atoms with van der Waals surface area (Å²) in [5, 5.41) is 3.44. The minimum atomic E-state index is -0.306. The van der Waals surface area contributed by atoms with E-state index in [1.165, 1.54) is 5.56 Å². The molecule has 0 atom stereocenters. The minimum Gasteiger partial charge on any atom is -0.494 e. The van der Waals surface area contributed by atoms with Crippen LogP contribution in [0, 0.1) is 5.41 Å². The number of hydrogen-bond acceptors (Lipinski definition) is 3. The predicted molar refractivity (Wildman–Crippen MR) is 125 cm³/mol. The highest BCUT2D eigenvalue weighted by Gasteiger charge is 2.42. The van der Waals surface area contributed by atoms with Gasteiger partial charge in [0.05, 0.1) is 12.0 Å². The van der Waals surface area contributed by atoms with E-state index < -0.39 is 0 Å². The number of nitrogens with zero attached hydrogens (tertiary/aromatic N) is 3. The number of aliphatic imine (C=N–C) groups is 1. The smallest absolute Gasteiger partial charge is 0.230 e. The van der Waals surface area contributed by atoms with Crippen molar-refractivity contribution in [3.05, 3.63) is 29.8 Å². The average molecular weight is 502 g/mol. The molecule has 0 aliphatic heterocycles. The van der Waals surface area contributed by atoms with Gasteiger partial charge in [0.1, 0.15) is 5.75 Å². The maximum atomic E-state index is 12.7. The second-order valence-electron chi connectivity index (χ2n) is 7.52. The molecule has 1 aliphatic carbocycles. The predicted octanol–water partition coefficient (Wildman–Crippen LogP) is 3.36. The normalized spacial score (nSPS) is 15.5. The lowest BCUT2D eigenvalue weighted by molar-refractivity contribution is -0.138. The van der Waals surface area contributed by atoms with E-state index in [1.807, 2.05) is 40.2 Å². The highest BCUT2D eigenvalue weighted by atomic mass is 127. The maximum Gasteiger partial charge on any atom is 0.230 e. The van der Waals surface area contributed by atoms with Gasteiger partial charge in [0.2, 0.25) is 5.91 Å². The van der Waals surface area contributed by atoms with Crippen molar-refractivity contribution in [1.82, 2.24) is 15.1 Å². The summed E-state index contributed by atoms with van der Waals surface area (Å²) >= 11 is 0. The Kier molecular flexibility index (Phi) is 10.1. The largest absolute Gasteiger partial charge is 0.494 e. The number of ether oxygens (including phenoxy) is 1. The van der Waals surface area contributed by atoms with Gasteiger partial charge in [-0.15, -0.1) is 24.0 Å². The molecule has 1 aliphatic rings. The topological polar surface area (TPSA) is 57.2 Å². The summed E-state index contributed by atoms with van der Waals surface area (Å²) in [4.78, 5) is 20.9. The molecule has 1 aromatic rings. The molecule has 0 unspecified atom stereocenters. The Bertz CT molecular complexity index is 640. The number of rotatable bonds is 7. The van der Waals surface area contributed by atoms with E-state index >= 15 is 0 Å². The van der Waals surface area contributed by atoms with Gasteiger partial charge in [0.25, 0.3) is 0 Å². The molecule has 0 aromatic heterocycles. The zero-order chi connectivity index (χ0) is 19.9. The molecular formula is C21H35IN4O2. The zero-order valence-electron chi connectivity index (χ0n) is 17.8. The van der Waals surface area contributed by atoms with Gasteiger partial charge in [-0.05, 0) is 37.5 Å². The number of halogens is 1. The first kappa shape index (κ1) is 24.5. The van der Waals surface area contributed by atoms with Gasteiger partial charge < -0.3 is 19.9 Å². The lowest BCUT2D eigenvalue weighted by atomic mass is 9.84. The second kappa shape index (κ2) is 11.5. The van der Waals surface area contributed by atoms with Crippen LogP contribution in [-0.2, 0) is 11.3 Å². The zero-order valence-corrected chi connectivity index (χ0v) is 20.2. The number of amides is 1. The van der Waals surface area contributed by atoms with E-state index in [0.29, 0.717) is 13.2 Å². The van der Waals surface area contributed by atoms with Gasteiger partial charge in [-0.3, -0.25) is 9.79 Å². The quantitative estimate of drug-likeness (QED) is 0.353. The summed E-state index contributed by atoms with van der Waals surface area (Å²) in [5.74, 6) is 1.91. The molecule has 0 heterocycles. The van der Waals surface area contributed by atoms with E-state index in [2.05, 4.69) is 27.3 Å². The third-order valence-corrected chi connectivity index (χ3v) is 5.23. The second-order valence-corrected chi connectivity index (χ2v) is 7.52. The van der Waals surface area contributed by atoms with Gasteiger partial charge in [-0.2, -0.15) is 0 Å². The lowest BCUT2D eigenvalue weighted by Crippen LogP contribution is -2.49. The number of benzene rings is 1. The van der Waals surface area contributed by atoms with Gasteiger partial charge in [-0.25, -0.2) is 0 Å². The van der Waals surface area contributed by atoms with Crippen LogP contribution >= 0.6 is 24.0 Å². The van der Waals surface area contributed by atoms with Crippen molar-refractivity contribution in [2.24, 2.45) is 10.4 Å². The number of nitrogens with one attached hydrogen (secondary N) is 1. The highest BCUT2D eigenvalue weighted by Crippen LogP contribution is 2.38. The van der Waals surface area contributed by atoms with Crippen molar-refractivity contribution in [2.75, 3.05) is 41.3 Å². The third kappa shape index (κ3) is 6.25. The van der Waals surface area contributed by atoms with Crippen LogP contribution in [0.15, 0.2) is 29.3 Å². The fourth-order valence-corrected chi connectivity index (χ4v) is 3.83. The van der Waals surface area contributed by atoms with E-state index in [0.717, 1.165) is 43.9 Å². The number of carbonyl (C=O) groups is 1. The molecule has 1 amide bonds. The Morgan fingerprint density at radius 1 is 1.18 bits per heavy atom. The maximum absolute atomic E-state index is 12.7. The van der Waals surface area contributed by atoms with Crippen LogP contribution < -0.4 is 10.1 Å². The molecule has 158 valence electrons. The van der Waals surface area contributed by atoms with Crippen LogP contribution in [0.1, 0.15) is 38.2 Å². The fraction of sp³-hybridized carbons (Fsp3) is 0.619. The van der Waals surface area contributed by atoms with Crippen molar-refractivity contribution in [3.63, 3.8) is 0 Å². The van der Waals surface area contributed by atoms with Crippen molar-refractivity contribution in [2.45, 2.75) is 39.2 Å². The molecule has 7 heteroatoms. The number of hydrogen-bond donors (Lipinski definition) is 1. The monoisotopic (exact) mass is 502 g/mol. The van der Waals surface area contributed by atoms with Crippen LogP contribution in [0.2, 0.25) is 0 Å². The Labute approximate surface area is 186 Å². The average Bonchev–Trinajstić information content (AvgIpc) is 3.13. The first-order valence-corrected chi connectivity index (χ1v) is 9.77. The summed E-state index contributed by atoms with van der Waals surface area (Å²) in [5.41, 5.74) is 0.878. The molecule has 1 aromatic carbocycles. The van der Waals surface area contributed by atoms with Gasteiger partial charge in [-0.1, -0.05) is 25.0 Å². The molecule has 1 N–H and O–H groups in total. The van der Waals surface area contributed by atoms with Crippen LogP contribution in [0.25, 0.3) is 0 Å². The molecule has 0 bridgehead atoms. The summed E-state index contributed by atoms with van der Waals surface area (Å²) < 4.78 is 5.50. The van der Waals surface area contributed by atoms with E-state index in [1.54, 1.807) is 11.9 Å². The molecule has 0 spiro atoms. The Morgan fingerprint density at radius 2 is 1.79 bits per heavy atom. The van der Waals surface area contributed by atoms with Crippen LogP contribution in [0.4, 0.5) is 0 Å². The van der Waals surface area contributed by atoms with Crippen LogP contribution in [0.3, 0.4) is 0 Å². The van der Waals surface area contributed by atoms with Crippen LogP contribution in [0.5, 0.6) is 5.75 Å². The van der Waals surface area contributed by atoms with E-state index in [-0.39, 0.29) is 35.3 Å². The van der Waals surface area contributed by atoms with Crippen molar-refractivity contribution < 1.29 is 9.53 Å². The highest BCUT2D eigenvalue weighted by molar-refractivity contribution is 14.0. The standard InChI is InChI=1S/C21H34N4O2.HI/c1-6-27-18-11-9-17(10-12-18)15-25(5)20(22-2)23-16-21(13-7-8-14-21)19(26)24(3)4;/h9-12H,6-8,13-16H2,1-5H3,(H,22,23);1H. The first-order chi connectivity index (χ1) is 12.9. The van der Waals surface area contributed by atoms with E-state index in [9.17, 15) is 4.79 Å². The summed E-state index contributed by atoms with van der Waals surface area (Å²) in [6.45, 7) is 4.02. The van der Waals surface area contributed by atoms with Crippen molar-refractivity contribution in [1.29, 1.82) is 0 Å². The van der Waals surface area contributed by atoms with E-state index in [4.69, 9.17) is 4.74 Å². The van der Waals surface area contributed by atoms with Crippen molar-refractivity contribution in [3.8, 4) is 5.75 Å². The molecular weight excluding hydrogens is 467 g/mol. The fourth-order valence-electron chi connectivity index (χ4n) is 3.83. The SMILES string of the molecule is CCOc1ccc(CN(C)C(=NC)NCC2(C(=O)N(C)C)CCCC2)cc1.I. The summed E-state index contributed by atoms with van der Waals surface area (Å²) in [6, 6.07) is 8.13. The molecule has 6 nitrogen and oxygen atoms in total. The Hall–Kier alpha value is -1.51. The number of carbonyl (C=O) groups excluding carboxylic acids is 1. The van der Waals surface area contributed by atoms with Crippen molar-refractivity contribution >= 4 is 35.8 Å².